The van der Waals surface area contributed by atoms with Crippen molar-refractivity contribution in [3.8, 4) is 12.3 Å². The van der Waals surface area contributed by atoms with Crippen LogP contribution in [0.5, 0.6) is 0 Å². The van der Waals surface area contributed by atoms with Crippen molar-refractivity contribution in [3.05, 3.63) is 35.9 Å². The van der Waals surface area contributed by atoms with E-state index in [0.29, 0.717) is 0 Å². The minimum atomic E-state index is -3.64. The molecule has 0 fully saturated rings. The van der Waals surface area contributed by atoms with Crippen LogP contribution in [0.2, 0.25) is 0 Å². The van der Waals surface area contributed by atoms with Crippen LogP contribution in [0.1, 0.15) is 18.9 Å². The number of rotatable bonds is 6. The van der Waals surface area contributed by atoms with Crippen molar-refractivity contribution in [2.75, 3.05) is 5.75 Å². The van der Waals surface area contributed by atoms with Gasteiger partial charge in [-0.2, -0.15) is 0 Å². The molecule has 0 saturated heterocycles. The number of esters is 1. The molecule has 0 heterocycles. The summed E-state index contributed by atoms with van der Waals surface area (Å²) in [5, 5.41) is -1.19. The minimum Gasteiger partial charge on any atom is -0.460 e. The average Bonchev–Trinajstić information content (AvgIpc) is 2.38. The summed E-state index contributed by atoms with van der Waals surface area (Å²) in [5.74, 6) is 0.855. The molecule has 4 nitrogen and oxygen atoms in total. The molecular weight excluding hydrogens is 264 g/mol. The first-order chi connectivity index (χ1) is 9.01. The van der Waals surface area contributed by atoms with E-state index in [9.17, 15) is 13.2 Å². The van der Waals surface area contributed by atoms with Gasteiger partial charge in [-0.15, -0.1) is 6.42 Å². The highest BCUT2D eigenvalue weighted by molar-refractivity contribution is 7.92. The Morgan fingerprint density at radius 2 is 2.00 bits per heavy atom. The molecule has 1 aromatic rings. The Hall–Kier alpha value is -1.80. The maximum absolute atomic E-state index is 11.8. The zero-order valence-corrected chi connectivity index (χ0v) is 11.5. The molecule has 0 N–H and O–H groups in total. The number of sulfone groups is 1. The number of ether oxygens (including phenoxy) is 1. The number of terminal acetylenes is 1. The lowest BCUT2D eigenvalue weighted by atomic mass is 10.2. The van der Waals surface area contributed by atoms with E-state index in [1.54, 1.807) is 19.1 Å². The van der Waals surface area contributed by atoms with Crippen molar-refractivity contribution in [1.82, 2.24) is 0 Å². The summed E-state index contributed by atoms with van der Waals surface area (Å²) >= 11 is 0. The summed E-state index contributed by atoms with van der Waals surface area (Å²) in [6, 6.07) is 9.07. The van der Waals surface area contributed by atoms with E-state index in [0.717, 1.165) is 5.56 Å². The van der Waals surface area contributed by atoms with Gasteiger partial charge in [-0.3, -0.25) is 4.79 Å². The van der Waals surface area contributed by atoms with Crippen LogP contribution in [0.4, 0.5) is 0 Å². The third-order valence-corrected chi connectivity index (χ3v) is 4.54. The van der Waals surface area contributed by atoms with E-state index < -0.39 is 26.8 Å². The summed E-state index contributed by atoms with van der Waals surface area (Å²) in [7, 11) is -3.64. The van der Waals surface area contributed by atoms with E-state index in [2.05, 4.69) is 5.92 Å². The van der Waals surface area contributed by atoms with E-state index >= 15 is 0 Å². The van der Waals surface area contributed by atoms with E-state index in [1.165, 1.54) is 0 Å². The SMILES string of the molecule is C#CCS(=O)(=O)C(CC)C(=O)OCc1ccccc1. The fraction of sp³-hybridized carbons (Fsp3) is 0.357. The van der Waals surface area contributed by atoms with Crippen molar-refractivity contribution >= 4 is 15.8 Å². The van der Waals surface area contributed by atoms with Crippen LogP contribution < -0.4 is 0 Å². The van der Waals surface area contributed by atoms with Crippen molar-refractivity contribution < 1.29 is 17.9 Å². The highest BCUT2D eigenvalue weighted by Crippen LogP contribution is 2.11. The second-order valence-corrected chi connectivity index (χ2v) is 6.18. The molecule has 0 spiro atoms. The van der Waals surface area contributed by atoms with Crippen LogP contribution in [0.25, 0.3) is 0 Å². The maximum atomic E-state index is 11.8. The predicted molar refractivity (Wildman–Crippen MR) is 72.9 cm³/mol. The predicted octanol–water partition coefficient (Wildman–Crippen LogP) is 1.56. The number of hydrogen-bond donors (Lipinski definition) is 0. The molecule has 1 atom stereocenters. The maximum Gasteiger partial charge on any atom is 0.324 e. The van der Waals surface area contributed by atoms with Gasteiger partial charge in [0.25, 0.3) is 0 Å². The Kier molecular flexibility index (Phi) is 5.58. The molecule has 0 amide bonds. The molecule has 5 heteroatoms. The van der Waals surface area contributed by atoms with Crippen LogP contribution in [0.15, 0.2) is 30.3 Å². The van der Waals surface area contributed by atoms with E-state index in [-0.39, 0.29) is 13.0 Å². The molecule has 1 unspecified atom stereocenters. The average molecular weight is 280 g/mol. The topological polar surface area (TPSA) is 60.4 Å². The summed E-state index contributed by atoms with van der Waals surface area (Å²) in [4.78, 5) is 11.8. The van der Waals surface area contributed by atoms with Gasteiger partial charge in [-0.25, -0.2) is 8.42 Å². The molecular formula is C14H16O4S. The third-order valence-electron chi connectivity index (χ3n) is 2.58. The summed E-state index contributed by atoms with van der Waals surface area (Å²) < 4.78 is 28.6. The highest BCUT2D eigenvalue weighted by Gasteiger charge is 2.31. The molecule has 0 aliphatic rings. The van der Waals surface area contributed by atoms with Crippen LogP contribution >= 0.6 is 0 Å². The third kappa shape index (κ3) is 4.42. The summed E-state index contributed by atoms with van der Waals surface area (Å²) in [5.41, 5.74) is 0.806. The number of benzene rings is 1. The van der Waals surface area contributed by atoms with Crippen LogP contribution in [-0.4, -0.2) is 25.4 Å². The van der Waals surface area contributed by atoms with E-state index in [1.807, 2.05) is 18.2 Å². The molecule has 1 aromatic carbocycles. The first-order valence-corrected chi connectivity index (χ1v) is 7.58. The van der Waals surface area contributed by atoms with Crippen molar-refractivity contribution in [2.24, 2.45) is 0 Å². The first kappa shape index (κ1) is 15.3. The normalized spacial score (nSPS) is 12.4. The van der Waals surface area contributed by atoms with Gasteiger partial charge in [0.05, 0.1) is 0 Å². The monoisotopic (exact) mass is 280 g/mol. The largest absolute Gasteiger partial charge is 0.460 e. The molecule has 0 aliphatic heterocycles. The van der Waals surface area contributed by atoms with Gasteiger partial charge in [0.15, 0.2) is 15.1 Å². The Balaban J connectivity index is 2.68. The van der Waals surface area contributed by atoms with Crippen LogP contribution in [0, 0.1) is 12.3 Å². The zero-order chi connectivity index (χ0) is 14.3. The Morgan fingerprint density at radius 3 is 2.53 bits per heavy atom. The van der Waals surface area contributed by atoms with Gasteiger partial charge in [0.1, 0.15) is 12.4 Å². The molecule has 0 saturated carbocycles. The second-order valence-electron chi connectivity index (χ2n) is 4.00. The second kappa shape index (κ2) is 6.95. The van der Waals surface area contributed by atoms with Crippen molar-refractivity contribution in [3.63, 3.8) is 0 Å². The summed E-state index contributed by atoms with van der Waals surface area (Å²) in [6.45, 7) is 1.67. The van der Waals surface area contributed by atoms with E-state index in [4.69, 9.17) is 11.2 Å². The van der Waals surface area contributed by atoms with Gasteiger partial charge in [0.2, 0.25) is 0 Å². The smallest absolute Gasteiger partial charge is 0.324 e. The van der Waals surface area contributed by atoms with Gasteiger partial charge in [-0.05, 0) is 12.0 Å². The molecule has 0 aromatic heterocycles. The molecule has 1 rings (SSSR count). The minimum absolute atomic E-state index is 0.0573. The zero-order valence-electron chi connectivity index (χ0n) is 10.7. The molecule has 102 valence electrons. The molecule has 0 bridgehead atoms. The van der Waals surface area contributed by atoms with Crippen molar-refractivity contribution in [1.29, 1.82) is 0 Å². The fourth-order valence-electron chi connectivity index (χ4n) is 1.61. The van der Waals surface area contributed by atoms with Gasteiger partial charge < -0.3 is 4.74 Å². The Bertz CT molecular complexity index is 555. The Morgan fingerprint density at radius 1 is 1.37 bits per heavy atom. The lowest BCUT2D eigenvalue weighted by Gasteiger charge is -2.13. The fourth-order valence-corrected chi connectivity index (χ4v) is 2.91. The molecule has 19 heavy (non-hydrogen) atoms. The number of carbonyl (C=O) groups is 1. The number of carbonyl (C=O) groups excluding carboxylic acids is 1. The lowest BCUT2D eigenvalue weighted by Crippen LogP contribution is -2.32. The standard InChI is InChI=1S/C14H16O4S/c1-3-10-19(16,17)13(4-2)14(15)18-11-12-8-6-5-7-9-12/h1,5-9,13H,4,10-11H2,2H3. The van der Waals surface area contributed by atoms with Gasteiger partial charge in [-0.1, -0.05) is 43.2 Å². The number of hydrogen-bond acceptors (Lipinski definition) is 4. The Labute approximate surface area is 113 Å². The summed E-state index contributed by atoms with van der Waals surface area (Å²) in [6.07, 6.45) is 5.14. The van der Waals surface area contributed by atoms with Crippen LogP contribution in [0.3, 0.4) is 0 Å². The van der Waals surface area contributed by atoms with Gasteiger partial charge >= 0.3 is 5.97 Å². The molecule has 0 aliphatic carbocycles. The van der Waals surface area contributed by atoms with Gasteiger partial charge in [0, 0.05) is 0 Å². The quantitative estimate of drug-likeness (QED) is 0.586. The van der Waals surface area contributed by atoms with Crippen LogP contribution in [-0.2, 0) is 26.0 Å². The lowest BCUT2D eigenvalue weighted by molar-refractivity contribution is -0.144. The molecule has 0 radical (unpaired) electrons. The van der Waals surface area contributed by atoms with Crippen molar-refractivity contribution in [2.45, 2.75) is 25.2 Å². The highest BCUT2D eigenvalue weighted by atomic mass is 32.2. The first-order valence-electron chi connectivity index (χ1n) is 5.87.